The van der Waals surface area contributed by atoms with Gasteiger partial charge in [-0.3, -0.25) is 4.98 Å². The van der Waals surface area contributed by atoms with Crippen LogP contribution in [0.1, 0.15) is 10.5 Å². The van der Waals surface area contributed by atoms with Gasteiger partial charge >= 0.3 is 0 Å². The highest BCUT2D eigenvalue weighted by Crippen LogP contribution is 2.03. The van der Waals surface area contributed by atoms with E-state index in [2.05, 4.69) is 4.98 Å². The molecule has 52 valence electrons. The first-order valence-electron chi connectivity index (χ1n) is 2.53. The summed E-state index contributed by atoms with van der Waals surface area (Å²) in [7, 11) is 0. The van der Waals surface area contributed by atoms with E-state index in [0.717, 1.165) is 3.57 Å². The zero-order valence-electron chi connectivity index (χ0n) is 4.87. The highest BCUT2D eigenvalue weighted by molar-refractivity contribution is 14.1. The molecule has 3 nitrogen and oxygen atoms in total. The fourth-order valence-corrected chi connectivity index (χ4v) is 0.972. The Kier molecular flexibility index (Phi) is 2.21. The molecule has 1 heterocycles. The number of aromatic carboxylic acids is 1. The van der Waals surface area contributed by atoms with E-state index < -0.39 is 5.97 Å². The number of carbonyl (C=O) groups excluding carboxylic acids is 1. The quantitative estimate of drug-likeness (QED) is 0.660. The van der Waals surface area contributed by atoms with E-state index in [0.29, 0.717) is 0 Å². The number of carboxylic acids is 1. The first-order chi connectivity index (χ1) is 4.70. The number of carboxylic acid groups (broad SMARTS) is 1. The van der Waals surface area contributed by atoms with Gasteiger partial charge in [-0.15, -0.1) is 0 Å². The predicted molar refractivity (Wildman–Crippen MR) is 41.3 cm³/mol. The van der Waals surface area contributed by atoms with Crippen LogP contribution in [-0.4, -0.2) is 11.0 Å². The molecule has 0 N–H and O–H groups in total. The van der Waals surface area contributed by atoms with Gasteiger partial charge in [-0.05, 0) is 34.7 Å². The van der Waals surface area contributed by atoms with Gasteiger partial charge in [-0.25, -0.2) is 0 Å². The molecule has 0 radical (unpaired) electrons. The molecule has 0 saturated carbocycles. The van der Waals surface area contributed by atoms with Gasteiger partial charge < -0.3 is 9.90 Å². The average Bonchev–Trinajstić information content (AvgIpc) is 1.88. The molecule has 0 atom stereocenters. The molecule has 0 bridgehead atoms. The summed E-state index contributed by atoms with van der Waals surface area (Å²) in [6.07, 6.45) is 1.44. The first-order valence-corrected chi connectivity index (χ1v) is 3.61. The number of halogens is 1. The molecular formula is C6H3INO2-. The third-order valence-electron chi connectivity index (χ3n) is 0.931. The van der Waals surface area contributed by atoms with Crippen molar-refractivity contribution in [2.45, 2.75) is 0 Å². The lowest BCUT2D eigenvalue weighted by Gasteiger charge is -1.99. The SMILES string of the molecule is O=C([O-])c1cc(I)ccn1. The summed E-state index contributed by atoms with van der Waals surface area (Å²) >= 11 is 2.01. The van der Waals surface area contributed by atoms with Gasteiger partial charge in [0.15, 0.2) is 0 Å². The molecule has 0 fully saturated rings. The Bertz CT molecular complexity index is 262. The van der Waals surface area contributed by atoms with Gasteiger partial charge in [0.05, 0.1) is 11.7 Å². The molecule has 0 aliphatic rings. The Balaban J connectivity index is 3.07. The van der Waals surface area contributed by atoms with Crippen LogP contribution in [0.25, 0.3) is 0 Å². The summed E-state index contributed by atoms with van der Waals surface area (Å²) in [6.45, 7) is 0. The van der Waals surface area contributed by atoms with Crippen molar-refractivity contribution in [2.24, 2.45) is 0 Å². The molecule has 1 aromatic rings. The van der Waals surface area contributed by atoms with E-state index in [9.17, 15) is 9.90 Å². The van der Waals surface area contributed by atoms with E-state index in [1.54, 1.807) is 6.07 Å². The van der Waals surface area contributed by atoms with Crippen molar-refractivity contribution in [2.75, 3.05) is 0 Å². The maximum Gasteiger partial charge on any atom is 0.0900 e. The van der Waals surface area contributed by atoms with Crippen molar-refractivity contribution >= 4 is 28.6 Å². The lowest BCUT2D eigenvalue weighted by Crippen LogP contribution is -2.23. The predicted octanol–water partition coefficient (Wildman–Crippen LogP) is 0.0497. The molecule has 1 aromatic heterocycles. The Hall–Kier alpha value is -0.650. The number of aromatic nitrogens is 1. The van der Waals surface area contributed by atoms with Crippen LogP contribution < -0.4 is 5.11 Å². The Labute approximate surface area is 71.2 Å². The molecule has 0 aromatic carbocycles. The van der Waals surface area contributed by atoms with Gasteiger partial charge in [-0.2, -0.15) is 0 Å². The monoisotopic (exact) mass is 248 g/mol. The van der Waals surface area contributed by atoms with E-state index in [1.165, 1.54) is 12.3 Å². The average molecular weight is 248 g/mol. The molecule has 0 unspecified atom stereocenters. The van der Waals surface area contributed by atoms with Crippen molar-refractivity contribution in [3.8, 4) is 0 Å². The van der Waals surface area contributed by atoms with Crippen LogP contribution in [0, 0.1) is 3.57 Å². The summed E-state index contributed by atoms with van der Waals surface area (Å²) in [4.78, 5) is 13.7. The molecule has 0 spiro atoms. The lowest BCUT2D eigenvalue weighted by molar-refractivity contribution is -0.255. The number of hydrogen-bond donors (Lipinski definition) is 0. The zero-order chi connectivity index (χ0) is 7.56. The number of nitrogens with zero attached hydrogens (tertiary/aromatic N) is 1. The van der Waals surface area contributed by atoms with E-state index in [4.69, 9.17) is 0 Å². The van der Waals surface area contributed by atoms with Crippen molar-refractivity contribution in [1.82, 2.24) is 4.98 Å². The largest absolute Gasteiger partial charge is 0.543 e. The molecule has 0 amide bonds. The smallest absolute Gasteiger partial charge is 0.0900 e. The number of rotatable bonds is 1. The van der Waals surface area contributed by atoms with E-state index in [-0.39, 0.29) is 5.69 Å². The Morgan fingerprint density at radius 1 is 1.70 bits per heavy atom. The fourth-order valence-electron chi connectivity index (χ4n) is 0.516. The van der Waals surface area contributed by atoms with Crippen LogP contribution in [0.3, 0.4) is 0 Å². The summed E-state index contributed by atoms with van der Waals surface area (Å²) < 4.78 is 0.840. The minimum absolute atomic E-state index is 0.0214. The maximum absolute atomic E-state index is 10.2. The van der Waals surface area contributed by atoms with Gasteiger partial charge in [0.25, 0.3) is 0 Å². The minimum atomic E-state index is -1.24. The molecule has 0 saturated heterocycles. The molecule has 4 heteroatoms. The zero-order valence-corrected chi connectivity index (χ0v) is 7.03. The lowest BCUT2D eigenvalue weighted by atomic mass is 10.4. The molecular weight excluding hydrogens is 245 g/mol. The van der Waals surface area contributed by atoms with Crippen LogP contribution in [0.4, 0.5) is 0 Å². The first kappa shape index (κ1) is 7.46. The van der Waals surface area contributed by atoms with Crippen molar-refractivity contribution < 1.29 is 9.90 Å². The van der Waals surface area contributed by atoms with Crippen LogP contribution in [0.2, 0.25) is 0 Å². The van der Waals surface area contributed by atoms with Gasteiger partial charge in [-0.1, -0.05) is 0 Å². The topological polar surface area (TPSA) is 53.0 Å². The van der Waals surface area contributed by atoms with Crippen molar-refractivity contribution in [3.05, 3.63) is 27.6 Å². The number of pyridine rings is 1. The van der Waals surface area contributed by atoms with Gasteiger partial charge in [0, 0.05) is 9.77 Å². The highest BCUT2D eigenvalue weighted by Gasteiger charge is 1.93. The Morgan fingerprint density at radius 3 is 2.80 bits per heavy atom. The maximum atomic E-state index is 10.2. The summed E-state index contributed by atoms with van der Waals surface area (Å²) in [5.41, 5.74) is -0.0214. The van der Waals surface area contributed by atoms with Crippen molar-refractivity contribution in [3.63, 3.8) is 0 Å². The second-order valence-corrected chi connectivity index (χ2v) is 2.89. The second kappa shape index (κ2) is 2.96. The third kappa shape index (κ3) is 1.66. The minimum Gasteiger partial charge on any atom is -0.543 e. The second-order valence-electron chi connectivity index (χ2n) is 1.65. The van der Waals surface area contributed by atoms with Crippen molar-refractivity contribution in [1.29, 1.82) is 0 Å². The molecule has 10 heavy (non-hydrogen) atoms. The van der Waals surface area contributed by atoms with E-state index >= 15 is 0 Å². The third-order valence-corrected chi connectivity index (χ3v) is 1.60. The highest BCUT2D eigenvalue weighted by atomic mass is 127. The Morgan fingerprint density at radius 2 is 2.40 bits per heavy atom. The van der Waals surface area contributed by atoms with Gasteiger partial charge in [0.2, 0.25) is 0 Å². The number of carbonyl (C=O) groups is 1. The fraction of sp³-hybridized carbons (Fsp3) is 0. The van der Waals surface area contributed by atoms with Crippen LogP contribution in [-0.2, 0) is 0 Å². The summed E-state index contributed by atoms with van der Waals surface area (Å²) in [5, 5.41) is 10.2. The summed E-state index contributed by atoms with van der Waals surface area (Å²) in [6, 6.07) is 3.17. The molecule has 0 aliphatic carbocycles. The van der Waals surface area contributed by atoms with Crippen LogP contribution in [0.15, 0.2) is 18.3 Å². The van der Waals surface area contributed by atoms with Crippen LogP contribution in [0.5, 0.6) is 0 Å². The normalized spacial score (nSPS) is 9.30. The molecule has 0 aliphatic heterocycles. The van der Waals surface area contributed by atoms with Gasteiger partial charge in [0.1, 0.15) is 0 Å². The standard InChI is InChI=1S/C6H4INO2/c7-4-1-2-8-5(3-4)6(9)10/h1-3H,(H,9,10)/p-1. The summed E-state index contributed by atoms with van der Waals surface area (Å²) in [5.74, 6) is -1.24. The number of hydrogen-bond acceptors (Lipinski definition) is 3. The molecule has 1 rings (SSSR count). The van der Waals surface area contributed by atoms with Crippen LogP contribution >= 0.6 is 22.6 Å². The van der Waals surface area contributed by atoms with E-state index in [1.807, 2.05) is 22.6 Å².